The van der Waals surface area contributed by atoms with Crippen LogP contribution in [0.2, 0.25) is 0 Å². The summed E-state index contributed by atoms with van der Waals surface area (Å²) in [6.45, 7) is 3.02. The van der Waals surface area contributed by atoms with Crippen molar-refractivity contribution in [3.63, 3.8) is 0 Å². The van der Waals surface area contributed by atoms with Crippen LogP contribution in [0.15, 0.2) is 0 Å². The highest BCUT2D eigenvalue weighted by Gasteiger charge is 2.28. The van der Waals surface area contributed by atoms with E-state index in [4.69, 9.17) is 16.5 Å². The third-order valence-electron chi connectivity index (χ3n) is 2.00. The van der Waals surface area contributed by atoms with Crippen LogP contribution >= 0.6 is 11.8 Å². The first kappa shape index (κ1) is 9.81. The van der Waals surface area contributed by atoms with Gasteiger partial charge in [0.05, 0.1) is 6.61 Å². The van der Waals surface area contributed by atoms with Crippen LogP contribution in [-0.4, -0.2) is 29.6 Å². The lowest BCUT2D eigenvalue weighted by atomic mass is 10.1. The molecule has 0 bridgehead atoms. The summed E-state index contributed by atoms with van der Waals surface area (Å²) in [6, 6.07) is -0.222. The standard InChI is InChI=1S/C8H14ClNO2/c1-2-12-8(11)7-5-3-4-6-10(7)9/h7H,2-6H2,1H3/t7-/m0/s1. The number of piperidine rings is 1. The number of nitrogens with zero attached hydrogens (tertiary/aromatic N) is 1. The topological polar surface area (TPSA) is 29.5 Å². The first-order valence-corrected chi connectivity index (χ1v) is 4.68. The molecular formula is C8H14ClNO2. The number of halogens is 1. The molecule has 1 fully saturated rings. The second kappa shape index (κ2) is 4.67. The molecule has 1 heterocycles. The van der Waals surface area contributed by atoms with E-state index in [2.05, 4.69) is 0 Å². The maximum absolute atomic E-state index is 11.3. The molecule has 0 spiro atoms. The minimum absolute atomic E-state index is 0.188. The van der Waals surface area contributed by atoms with Gasteiger partial charge in [-0.05, 0) is 38.0 Å². The molecule has 0 aromatic heterocycles. The summed E-state index contributed by atoms with van der Waals surface area (Å²) in [4.78, 5) is 11.3. The lowest BCUT2D eigenvalue weighted by Gasteiger charge is -2.27. The van der Waals surface area contributed by atoms with E-state index in [1.165, 1.54) is 0 Å². The van der Waals surface area contributed by atoms with Crippen LogP contribution in [0.1, 0.15) is 26.2 Å². The highest BCUT2D eigenvalue weighted by Crippen LogP contribution is 2.19. The number of ether oxygens (including phenoxy) is 1. The van der Waals surface area contributed by atoms with Gasteiger partial charge in [-0.3, -0.25) is 4.79 Å². The van der Waals surface area contributed by atoms with E-state index in [0.717, 1.165) is 25.8 Å². The molecule has 1 aliphatic rings. The predicted octanol–water partition coefficient (Wildman–Crippen LogP) is 1.56. The molecule has 0 saturated carbocycles. The van der Waals surface area contributed by atoms with Crippen LogP contribution in [0.3, 0.4) is 0 Å². The second-order valence-corrected chi connectivity index (χ2v) is 3.32. The van der Waals surface area contributed by atoms with Crippen molar-refractivity contribution >= 4 is 17.7 Å². The molecule has 0 radical (unpaired) electrons. The van der Waals surface area contributed by atoms with Crippen LogP contribution in [0.25, 0.3) is 0 Å². The lowest BCUT2D eigenvalue weighted by Crippen LogP contribution is -2.39. The molecule has 1 aliphatic heterocycles. The Morgan fingerprint density at radius 1 is 1.67 bits per heavy atom. The highest BCUT2D eigenvalue weighted by atomic mass is 35.5. The Morgan fingerprint density at radius 2 is 2.42 bits per heavy atom. The Bertz CT molecular complexity index is 163. The van der Waals surface area contributed by atoms with Crippen molar-refractivity contribution in [2.24, 2.45) is 0 Å². The minimum Gasteiger partial charge on any atom is -0.465 e. The molecule has 12 heavy (non-hydrogen) atoms. The maximum atomic E-state index is 11.3. The fourth-order valence-corrected chi connectivity index (χ4v) is 1.66. The fraction of sp³-hybridized carbons (Fsp3) is 0.875. The maximum Gasteiger partial charge on any atom is 0.324 e. The molecular weight excluding hydrogens is 178 g/mol. The Kier molecular flexibility index (Phi) is 3.82. The largest absolute Gasteiger partial charge is 0.465 e. The average molecular weight is 192 g/mol. The van der Waals surface area contributed by atoms with Gasteiger partial charge < -0.3 is 4.74 Å². The number of hydrogen-bond acceptors (Lipinski definition) is 3. The molecule has 4 heteroatoms. The van der Waals surface area contributed by atoms with Crippen molar-refractivity contribution in [3.8, 4) is 0 Å². The second-order valence-electron chi connectivity index (χ2n) is 2.89. The zero-order chi connectivity index (χ0) is 8.97. The smallest absolute Gasteiger partial charge is 0.324 e. The Balaban J connectivity index is 2.42. The lowest BCUT2D eigenvalue weighted by molar-refractivity contribution is -0.148. The van der Waals surface area contributed by atoms with Crippen molar-refractivity contribution in [2.45, 2.75) is 32.2 Å². The Morgan fingerprint density at radius 3 is 3.00 bits per heavy atom. The molecule has 0 unspecified atom stereocenters. The number of carbonyl (C=O) groups excluding carboxylic acids is 1. The molecule has 0 aromatic carbocycles. The first-order valence-electron chi connectivity index (χ1n) is 4.34. The van der Waals surface area contributed by atoms with Gasteiger partial charge in [0.1, 0.15) is 6.04 Å². The van der Waals surface area contributed by atoms with Crippen molar-refractivity contribution in [2.75, 3.05) is 13.2 Å². The fourth-order valence-electron chi connectivity index (χ4n) is 1.37. The monoisotopic (exact) mass is 191 g/mol. The van der Waals surface area contributed by atoms with Gasteiger partial charge in [0.15, 0.2) is 0 Å². The van der Waals surface area contributed by atoms with Crippen molar-refractivity contribution < 1.29 is 9.53 Å². The summed E-state index contributed by atoms with van der Waals surface area (Å²) < 4.78 is 6.44. The minimum atomic E-state index is -0.222. The van der Waals surface area contributed by atoms with Gasteiger partial charge in [0.25, 0.3) is 0 Å². The van der Waals surface area contributed by atoms with Crippen molar-refractivity contribution in [1.29, 1.82) is 0 Å². The van der Waals surface area contributed by atoms with Gasteiger partial charge >= 0.3 is 5.97 Å². The van der Waals surface area contributed by atoms with Gasteiger partial charge in [-0.25, -0.2) is 4.42 Å². The zero-order valence-electron chi connectivity index (χ0n) is 7.25. The van der Waals surface area contributed by atoms with Crippen LogP contribution in [0.5, 0.6) is 0 Å². The van der Waals surface area contributed by atoms with Gasteiger partial charge in [0, 0.05) is 6.54 Å². The normalized spacial score (nSPS) is 25.3. The zero-order valence-corrected chi connectivity index (χ0v) is 8.01. The molecule has 1 atom stereocenters. The third-order valence-corrected chi connectivity index (χ3v) is 2.40. The average Bonchev–Trinajstić information content (AvgIpc) is 2.05. The summed E-state index contributed by atoms with van der Waals surface area (Å²) in [5.74, 6) is -0.188. The SMILES string of the molecule is CCOC(=O)[C@@H]1CCCCN1Cl. The summed E-state index contributed by atoms with van der Waals surface area (Å²) in [5.41, 5.74) is 0. The van der Waals surface area contributed by atoms with Gasteiger partial charge in [0.2, 0.25) is 0 Å². The molecule has 70 valence electrons. The number of hydrogen-bond donors (Lipinski definition) is 0. The number of rotatable bonds is 2. The molecule has 0 amide bonds. The molecule has 1 saturated heterocycles. The third kappa shape index (κ3) is 2.35. The summed E-state index contributed by atoms with van der Waals surface area (Å²) in [6.07, 6.45) is 2.95. The van der Waals surface area contributed by atoms with E-state index in [0.29, 0.717) is 6.61 Å². The van der Waals surface area contributed by atoms with Crippen molar-refractivity contribution in [1.82, 2.24) is 4.42 Å². The number of carbonyl (C=O) groups is 1. The molecule has 3 nitrogen and oxygen atoms in total. The van der Waals surface area contributed by atoms with Gasteiger partial charge in [-0.2, -0.15) is 0 Å². The molecule has 0 N–H and O–H groups in total. The van der Waals surface area contributed by atoms with Crippen LogP contribution in [0.4, 0.5) is 0 Å². The van der Waals surface area contributed by atoms with Crippen LogP contribution in [0, 0.1) is 0 Å². The van der Waals surface area contributed by atoms with Gasteiger partial charge in [-0.15, -0.1) is 0 Å². The Hall–Kier alpha value is -0.280. The summed E-state index contributed by atoms with van der Waals surface area (Å²) >= 11 is 5.85. The first-order chi connectivity index (χ1) is 5.75. The Labute approximate surface area is 77.7 Å². The molecule has 0 aromatic rings. The van der Waals surface area contributed by atoms with E-state index in [1.807, 2.05) is 0 Å². The van der Waals surface area contributed by atoms with Gasteiger partial charge in [-0.1, -0.05) is 0 Å². The van der Waals surface area contributed by atoms with Crippen LogP contribution < -0.4 is 0 Å². The van der Waals surface area contributed by atoms with E-state index in [1.54, 1.807) is 11.3 Å². The van der Waals surface area contributed by atoms with E-state index < -0.39 is 0 Å². The van der Waals surface area contributed by atoms with Crippen LogP contribution in [-0.2, 0) is 9.53 Å². The van der Waals surface area contributed by atoms with Crippen molar-refractivity contribution in [3.05, 3.63) is 0 Å². The van der Waals surface area contributed by atoms with E-state index in [9.17, 15) is 4.79 Å². The van der Waals surface area contributed by atoms with E-state index in [-0.39, 0.29) is 12.0 Å². The summed E-state index contributed by atoms with van der Waals surface area (Å²) in [7, 11) is 0. The predicted molar refractivity (Wildman–Crippen MR) is 46.8 cm³/mol. The molecule has 1 rings (SSSR count). The summed E-state index contributed by atoms with van der Waals surface area (Å²) in [5, 5.41) is 0. The highest BCUT2D eigenvalue weighted by molar-refractivity contribution is 6.14. The van der Waals surface area contributed by atoms with E-state index >= 15 is 0 Å². The molecule has 0 aliphatic carbocycles. The number of esters is 1. The quantitative estimate of drug-likeness (QED) is 0.490.